The molecule has 0 atom stereocenters. The van der Waals surface area contributed by atoms with Crippen LogP contribution in [0.15, 0.2) is 29.2 Å². The molecule has 3 N–H and O–H groups in total. The van der Waals surface area contributed by atoms with Crippen LogP contribution in [0.2, 0.25) is 0 Å². The zero-order valence-electron chi connectivity index (χ0n) is 15.7. The van der Waals surface area contributed by atoms with Gasteiger partial charge in [0.15, 0.2) is 5.11 Å². The molecule has 7 nitrogen and oxygen atoms in total. The van der Waals surface area contributed by atoms with Gasteiger partial charge in [0, 0.05) is 25.2 Å². The fourth-order valence-electron chi connectivity index (χ4n) is 2.86. The molecule has 1 saturated heterocycles. The van der Waals surface area contributed by atoms with Crippen LogP contribution in [-0.4, -0.2) is 43.4 Å². The van der Waals surface area contributed by atoms with Gasteiger partial charge in [-0.05, 0) is 49.7 Å². The lowest BCUT2D eigenvalue weighted by atomic mass is 10.2. The summed E-state index contributed by atoms with van der Waals surface area (Å²) in [5.41, 5.74) is 5.40. The Balaban J connectivity index is 1.94. The zero-order valence-corrected chi connectivity index (χ0v) is 17.3. The van der Waals surface area contributed by atoms with E-state index in [2.05, 4.69) is 23.1 Å². The van der Waals surface area contributed by atoms with E-state index in [9.17, 15) is 13.2 Å². The average molecular weight is 413 g/mol. The third-order valence-electron chi connectivity index (χ3n) is 4.40. The Labute approximate surface area is 166 Å². The molecule has 2 rings (SSSR count). The van der Waals surface area contributed by atoms with Crippen LogP contribution in [0.1, 0.15) is 55.8 Å². The lowest BCUT2D eigenvalue weighted by Gasteiger charge is -2.26. The fraction of sp³-hybridized carbons (Fsp3) is 0.556. The Bertz CT molecular complexity index is 747. The number of thiocarbonyl (C=S) groups is 1. The highest BCUT2D eigenvalue weighted by Crippen LogP contribution is 2.21. The molecule has 0 spiro atoms. The highest BCUT2D eigenvalue weighted by Gasteiger charge is 2.26. The van der Waals surface area contributed by atoms with Crippen molar-refractivity contribution in [2.24, 2.45) is 0 Å². The molecule has 0 aliphatic carbocycles. The smallest absolute Gasteiger partial charge is 0.269 e. The van der Waals surface area contributed by atoms with Gasteiger partial charge in [-0.15, -0.1) is 0 Å². The molecule has 1 amide bonds. The van der Waals surface area contributed by atoms with Crippen molar-refractivity contribution in [3.63, 3.8) is 0 Å². The Hall–Kier alpha value is -1.71. The number of rotatable bonds is 7. The van der Waals surface area contributed by atoms with E-state index in [-0.39, 0.29) is 10.5 Å². The van der Waals surface area contributed by atoms with Crippen molar-refractivity contribution >= 4 is 33.3 Å². The summed E-state index contributed by atoms with van der Waals surface area (Å²) in [6.07, 6.45) is 6.02. The van der Waals surface area contributed by atoms with E-state index in [0.717, 1.165) is 45.1 Å². The standard InChI is InChI=1S/C18H28N4O3S2/c1-2-3-5-11-19-18(26)21-20-17(23)15-9-8-10-16(14-15)27(24,25)22-12-6-4-7-13-22/h8-10,14H,2-7,11-13H2,1H3,(H,20,23)(H2,19,21,26). The molecular formula is C18H28N4O3S2. The van der Waals surface area contributed by atoms with E-state index in [4.69, 9.17) is 12.2 Å². The first-order valence-electron chi connectivity index (χ1n) is 9.39. The summed E-state index contributed by atoms with van der Waals surface area (Å²) < 4.78 is 27.0. The number of nitrogens with one attached hydrogen (secondary N) is 3. The molecular weight excluding hydrogens is 384 g/mol. The second kappa shape index (κ2) is 10.6. The van der Waals surface area contributed by atoms with Crippen molar-refractivity contribution in [1.29, 1.82) is 0 Å². The van der Waals surface area contributed by atoms with E-state index in [0.29, 0.717) is 18.2 Å². The SMILES string of the molecule is CCCCCNC(=S)NNC(=O)c1cccc(S(=O)(=O)N2CCCCC2)c1. The van der Waals surface area contributed by atoms with E-state index < -0.39 is 15.9 Å². The molecule has 27 heavy (non-hydrogen) atoms. The number of hydrazine groups is 1. The third kappa shape index (κ3) is 6.44. The number of benzene rings is 1. The monoisotopic (exact) mass is 412 g/mol. The summed E-state index contributed by atoms with van der Waals surface area (Å²) in [5.74, 6) is -0.441. The molecule has 1 aliphatic heterocycles. The first-order chi connectivity index (χ1) is 12.9. The molecule has 0 unspecified atom stereocenters. The predicted molar refractivity (Wildman–Crippen MR) is 110 cm³/mol. The number of hydrogen-bond acceptors (Lipinski definition) is 4. The molecule has 1 aromatic carbocycles. The van der Waals surface area contributed by atoms with Gasteiger partial charge >= 0.3 is 0 Å². The number of piperidine rings is 1. The highest BCUT2D eigenvalue weighted by atomic mass is 32.2. The Morgan fingerprint density at radius 2 is 1.89 bits per heavy atom. The van der Waals surface area contributed by atoms with Gasteiger partial charge in [0.2, 0.25) is 10.0 Å². The van der Waals surface area contributed by atoms with Crippen molar-refractivity contribution < 1.29 is 13.2 Å². The van der Waals surface area contributed by atoms with E-state index in [1.807, 2.05) is 0 Å². The van der Waals surface area contributed by atoms with Crippen LogP contribution in [0.4, 0.5) is 0 Å². The van der Waals surface area contributed by atoms with Crippen molar-refractivity contribution in [3.8, 4) is 0 Å². The molecule has 0 aromatic heterocycles. The maximum atomic E-state index is 12.7. The van der Waals surface area contributed by atoms with E-state index in [1.165, 1.54) is 16.4 Å². The molecule has 0 saturated carbocycles. The zero-order chi connectivity index (χ0) is 19.7. The minimum absolute atomic E-state index is 0.136. The van der Waals surface area contributed by atoms with Crippen molar-refractivity contribution in [2.45, 2.75) is 50.3 Å². The van der Waals surface area contributed by atoms with Gasteiger partial charge in [-0.1, -0.05) is 32.3 Å². The summed E-state index contributed by atoms with van der Waals surface area (Å²) in [6.45, 7) is 3.91. The summed E-state index contributed by atoms with van der Waals surface area (Å²) >= 11 is 5.10. The van der Waals surface area contributed by atoms with Gasteiger partial charge in [0.1, 0.15) is 0 Å². The molecule has 1 fully saturated rings. The fourth-order valence-corrected chi connectivity index (χ4v) is 4.58. The van der Waals surface area contributed by atoms with Crippen molar-refractivity contribution in [3.05, 3.63) is 29.8 Å². The number of carbonyl (C=O) groups excluding carboxylic acids is 1. The predicted octanol–water partition coefficient (Wildman–Crippen LogP) is 2.16. The minimum Gasteiger partial charge on any atom is -0.361 e. The van der Waals surface area contributed by atoms with Gasteiger partial charge < -0.3 is 5.32 Å². The van der Waals surface area contributed by atoms with Crippen LogP contribution in [-0.2, 0) is 10.0 Å². The van der Waals surface area contributed by atoms with Crippen LogP contribution < -0.4 is 16.2 Å². The number of amides is 1. The van der Waals surface area contributed by atoms with Gasteiger partial charge in [0.25, 0.3) is 5.91 Å². The first-order valence-corrected chi connectivity index (χ1v) is 11.2. The van der Waals surface area contributed by atoms with Crippen LogP contribution >= 0.6 is 12.2 Å². The molecule has 1 heterocycles. The number of sulfonamides is 1. The van der Waals surface area contributed by atoms with E-state index >= 15 is 0 Å². The Morgan fingerprint density at radius 1 is 1.15 bits per heavy atom. The summed E-state index contributed by atoms with van der Waals surface area (Å²) in [5, 5.41) is 3.34. The average Bonchev–Trinajstić information content (AvgIpc) is 2.70. The second-order valence-corrected chi connectivity index (χ2v) is 8.88. The molecule has 9 heteroatoms. The van der Waals surface area contributed by atoms with Gasteiger partial charge in [-0.2, -0.15) is 4.31 Å². The largest absolute Gasteiger partial charge is 0.361 e. The summed E-state index contributed by atoms with van der Waals surface area (Å²) in [6, 6.07) is 6.07. The van der Waals surface area contributed by atoms with Crippen LogP contribution in [0.5, 0.6) is 0 Å². The molecule has 1 aliphatic rings. The normalized spacial score (nSPS) is 15.1. The van der Waals surface area contributed by atoms with Crippen LogP contribution in [0, 0.1) is 0 Å². The molecule has 1 aromatic rings. The Morgan fingerprint density at radius 3 is 2.59 bits per heavy atom. The topological polar surface area (TPSA) is 90.5 Å². The molecule has 150 valence electrons. The van der Waals surface area contributed by atoms with E-state index in [1.54, 1.807) is 12.1 Å². The first kappa shape index (κ1) is 21.6. The lowest BCUT2D eigenvalue weighted by molar-refractivity contribution is 0.0943. The summed E-state index contributed by atoms with van der Waals surface area (Å²) in [7, 11) is -3.57. The number of hydrogen-bond donors (Lipinski definition) is 3. The maximum Gasteiger partial charge on any atom is 0.269 e. The van der Waals surface area contributed by atoms with Crippen LogP contribution in [0.3, 0.4) is 0 Å². The summed E-state index contributed by atoms with van der Waals surface area (Å²) in [4.78, 5) is 12.4. The Kier molecular flexibility index (Phi) is 8.46. The lowest BCUT2D eigenvalue weighted by Crippen LogP contribution is -2.47. The number of unbranched alkanes of at least 4 members (excludes halogenated alkanes) is 2. The highest BCUT2D eigenvalue weighted by molar-refractivity contribution is 7.89. The maximum absolute atomic E-state index is 12.7. The number of nitrogens with zero attached hydrogens (tertiary/aromatic N) is 1. The minimum atomic E-state index is -3.57. The molecule has 0 radical (unpaired) electrons. The van der Waals surface area contributed by atoms with Crippen LogP contribution in [0.25, 0.3) is 0 Å². The van der Waals surface area contributed by atoms with Crippen molar-refractivity contribution in [1.82, 2.24) is 20.5 Å². The third-order valence-corrected chi connectivity index (χ3v) is 6.55. The quantitative estimate of drug-likeness (QED) is 0.361. The molecule has 0 bridgehead atoms. The van der Waals surface area contributed by atoms with Gasteiger partial charge in [-0.3, -0.25) is 15.6 Å². The van der Waals surface area contributed by atoms with Crippen molar-refractivity contribution in [2.75, 3.05) is 19.6 Å². The van der Waals surface area contributed by atoms with Gasteiger partial charge in [0.05, 0.1) is 4.90 Å². The number of carbonyl (C=O) groups is 1. The van der Waals surface area contributed by atoms with Gasteiger partial charge in [-0.25, -0.2) is 8.42 Å². The second-order valence-electron chi connectivity index (χ2n) is 6.53.